The molecular weight excluding hydrogens is 290 g/mol. The number of hydrogen-bond donors (Lipinski definition) is 2. The highest BCUT2D eigenvalue weighted by Gasteiger charge is 2.11. The van der Waals surface area contributed by atoms with E-state index in [4.69, 9.17) is 5.11 Å². The van der Waals surface area contributed by atoms with Crippen molar-refractivity contribution in [3.63, 3.8) is 0 Å². The largest absolute Gasteiger partial charge is 0.392 e. The average molecular weight is 307 g/mol. The summed E-state index contributed by atoms with van der Waals surface area (Å²) in [6, 6.07) is 8.47. The summed E-state index contributed by atoms with van der Waals surface area (Å²) in [6.45, 7) is 1.83. The predicted octanol–water partition coefficient (Wildman–Crippen LogP) is 0.897. The summed E-state index contributed by atoms with van der Waals surface area (Å²) in [6.07, 6.45) is 1.60. The summed E-state index contributed by atoms with van der Waals surface area (Å²) in [5.41, 5.74) is 2.04. The van der Waals surface area contributed by atoms with Gasteiger partial charge in [0.1, 0.15) is 5.82 Å². The Balaban J connectivity index is 1.98. The van der Waals surface area contributed by atoms with Crippen LogP contribution in [0.4, 0.5) is 0 Å². The normalized spacial score (nSPS) is 11.5. The van der Waals surface area contributed by atoms with Crippen molar-refractivity contribution >= 4 is 10.0 Å². The molecule has 112 valence electrons. The van der Waals surface area contributed by atoms with E-state index in [1.807, 2.05) is 0 Å². The molecule has 0 aliphatic heterocycles. The van der Waals surface area contributed by atoms with Crippen LogP contribution in [0, 0.1) is 6.92 Å². The zero-order chi connectivity index (χ0) is 15.3. The molecule has 0 saturated heterocycles. The van der Waals surface area contributed by atoms with Crippen molar-refractivity contribution in [1.82, 2.24) is 14.7 Å². The van der Waals surface area contributed by atoms with Crippen molar-refractivity contribution in [2.45, 2.75) is 25.8 Å². The molecule has 0 radical (unpaired) electrons. The van der Waals surface area contributed by atoms with Crippen LogP contribution in [-0.4, -0.2) is 23.5 Å². The third kappa shape index (κ3) is 4.89. The molecule has 2 N–H and O–H groups in total. The number of aliphatic hydroxyl groups is 1. The lowest BCUT2D eigenvalue weighted by Crippen LogP contribution is -2.25. The first-order chi connectivity index (χ1) is 9.98. The third-order valence-electron chi connectivity index (χ3n) is 2.87. The summed E-state index contributed by atoms with van der Waals surface area (Å²) in [5.74, 6) is 0.495. The van der Waals surface area contributed by atoms with Gasteiger partial charge in [0.05, 0.1) is 24.6 Å². The molecule has 1 aromatic heterocycles. The van der Waals surface area contributed by atoms with Gasteiger partial charge in [-0.25, -0.2) is 23.1 Å². The monoisotopic (exact) mass is 307 g/mol. The molecule has 2 rings (SSSR count). The number of hydrogen-bond acceptors (Lipinski definition) is 5. The standard InChI is InChI=1S/C14H17N3O3S/c1-11-15-7-6-14(17-11)8-16-21(19,20)10-13-4-2-12(9-18)3-5-13/h2-7,16,18H,8-10H2,1H3. The zero-order valence-corrected chi connectivity index (χ0v) is 12.5. The lowest BCUT2D eigenvalue weighted by atomic mass is 10.2. The Morgan fingerprint density at radius 2 is 1.81 bits per heavy atom. The van der Waals surface area contributed by atoms with Gasteiger partial charge in [0.2, 0.25) is 10.0 Å². The Bertz CT molecular complexity index is 700. The lowest BCUT2D eigenvalue weighted by molar-refractivity contribution is 0.282. The topological polar surface area (TPSA) is 92.2 Å². The van der Waals surface area contributed by atoms with Gasteiger partial charge < -0.3 is 5.11 Å². The van der Waals surface area contributed by atoms with Crippen molar-refractivity contribution in [2.75, 3.05) is 0 Å². The van der Waals surface area contributed by atoms with Crippen molar-refractivity contribution in [1.29, 1.82) is 0 Å². The number of nitrogens with one attached hydrogen (secondary N) is 1. The first kappa shape index (κ1) is 15.6. The van der Waals surface area contributed by atoms with Crippen LogP contribution >= 0.6 is 0 Å². The van der Waals surface area contributed by atoms with Gasteiger partial charge >= 0.3 is 0 Å². The number of aryl methyl sites for hydroxylation is 1. The molecule has 0 amide bonds. The second-order valence-corrected chi connectivity index (χ2v) is 6.46. The van der Waals surface area contributed by atoms with Crippen LogP contribution in [0.25, 0.3) is 0 Å². The summed E-state index contributed by atoms with van der Waals surface area (Å²) >= 11 is 0. The van der Waals surface area contributed by atoms with Crippen LogP contribution in [0.3, 0.4) is 0 Å². The van der Waals surface area contributed by atoms with E-state index >= 15 is 0 Å². The van der Waals surface area contributed by atoms with Gasteiger partial charge in [0, 0.05) is 6.20 Å². The van der Waals surface area contributed by atoms with E-state index in [2.05, 4.69) is 14.7 Å². The summed E-state index contributed by atoms with van der Waals surface area (Å²) in [5, 5.41) is 8.95. The Morgan fingerprint density at radius 1 is 1.14 bits per heavy atom. The summed E-state index contributed by atoms with van der Waals surface area (Å²) in [4.78, 5) is 8.10. The van der Waals surface area contributed by atoms with Crippen molar-refractivity contribution < 1.29 is 13.5 Å². The highest BCUT2D eigenvalue weighted by molar-refractivity contribution is 7.88. The SMILES string of the molecule is Cc1nccc(CNS(=O)(=O)Cc2ccc(CO)cc2)n1. The van der Waals surface area contributed by atoms with Gasteiger partial charge in [-0.3, -0.25) is 0 Å². The van der Waals surface area contributed by atoms with Crippen molar-refractivity contribution in [3.05, 3.63) is 59.2 Å². The second-order valence-electron chi connectivity index (χ2n) is 4.65. The molecule has 0 aliphatic carbocycles. The number of nitrogens with zero attached hydrogens (tertiary/aromatic N) is 2. The number of aliphatic hydroxyl groups excluding tert-OH is 1. The van der Waals surface area contributed by atoms with Crippen LogP contribution in [0.1, 0.15) is 22.6 Å². The van der Waals surface area contributed by atoms with Gasteiger partial charge in [0.15, 0.2) is 0 Å². The number of sulfonamides is 1. The van der Waals surface area contributed by atoms with Crippen molar-refractivity contribution in [3.8, 4) is 0 Å². The molecule has 21 heavy (non-hydrogen) atoms. The van der Waals surface area contributed by atoms with E-state index in [9.17, 15) is 8.42 Å². The molecule has 0 bridgehead atoms. The van der Waals surface area contributed by atoms with Crippen LogP contribution in [0.15, 0.2) is 36.5 Å². The minimum absolute atomic E-state index is 0.0572. The summed E-state index contributed by atoms with van der Waals surface area (Å²) in [7, 11) is -3.44. The van der Waals surface area contributed by atoms with Crippen LogP contribution in [-0.2, 0) is 28.9 Å². The van der Waals surface area contributed by atoms with Gasteiger partial charge in [-0.1, -0.05) is 24.3 Å². The van der Waals surface area contributed by atoms with Crippen LogP contribution in [0.2, 0.25) is 0 Å². The maximum Gasteiger partial charge on any atom is 0.216 e. The molecule has 1 heterocycles. The smallest absolute Gasteiger partial charge is 0.216 e. The lowest BCUT2D eigenvalue weighted by Gasteiger charge is -2.07. The van der Waals surface area contributed by atoms with Gasteiger partial charge in [-0.15, -0.1) is 0 Å². The maximum absolute atomic E-state index is 12.0. The molecule has 0 saturated carbocycles. The maximum atomic E-state index is 12.0. The second kappa shape index (κ2) is 6.75. The molecule has 0 spiro atoms. The Kier molecular flexibility index (Phi) is 5.00. The molecule has 6 nitrogen and oxygen atoms in total. The quantitative estimate of drug-likeness (QED) is 0.827. The Hall–Kier alpha value is -1.83. The highest BCUT2D eigenvalue weighted by atomic mass is 32.2. The van der Waals surface area contributed by atoms with Crippen LogP contribution in [0.5, 0.6) is 0 Å². The van der Waals surface area contributed by atoms with E-state index in [0.29, 0.717) is 17.1 Å². The van der Waals surface area contributed by atoms with Gasteiger partial charge in [-0.2, -0.15) is 0 Å². The Labute approximate surface area is 123 Å². The minimum Gasteiger partial charge on any atom is -0.392 e. The predicted molar refractivity (Wildman–Crippen MR) is 78.6 cm³/mol. The number of aromatic nitrogens is 2. The molecule has 0 atom stereocenters. The van der Waals surface area contributed by atoms with E-state index in [-0.39, 0.29) is 18.9 Å². The van der Waals surface area contributed by atoms with Gasteiger partial charge in [0.25, 0.3) is 0 Å². The zero-order valence-electron chi connectivity index (χ0n) is 11.7. The summed E-state index contributed by atoms with van der Waals surface area (Å²) < 4.78 is 26.5. The molecule has 0 unspecified atom stereocenters. The fourth-order valence-corrected chi connectivity index (χ4v) is 2.90. The Morgan fingerprint density at radius 3 is 2.43 bits per heavy atom. The number of benzene rings is 1. The molecule has 1 aromatic carbocycles. The van der Waals surface area contributed by atoms with E-state index in [1.165, 1.54) is 0 Å². The molecule has 2 aromatic rings. The highest BCUT2D eigenvalue weighted by Crippen LogP contribution is 2.08. The van der Waals surface area contributed by atoms with E-state index in [0.717, 1.165) is 5.56 Å². The van der Waals surface area contributed by atoms with E-state index < -0.39 is 10.0 Å². The van der Waals surface area contributed by atoms with Gasteiger partial charge in [-0.05, 0) is 24.1 Å². The number of rotatable bonds is 6. The fourth-order valence-electron chi connectivity index (χ4n) is 1.80. The van der Waals surface area contributed by atoms with Crippen LogP contribution < -0.4 is 4.72 Å². The molecule has 0 aliphatic rings. The molecular formula is C14H17N3O3S. The minimum atomic E-state index is -3.44. The first-order valence-corrected chi connectivity index (χ1v) is 8.08. The van der Waals surface area contributed by atoms with Crippen molar-refractivity contribution in [2.24, 2.45) is 0 Å². The third-order valence-corrected chi connectivity index (χ3v) is 4.17. The van der Waals surface area contributed by atoms with E-state index in [1.54, 1.807) is 43.5 Å². The molecule has 0 fully saturated rings. The first-order valence-electron chi connectivity index (χ1n) is 6.43. The average Bonchev–Trinajstić information content (AvgIpc) is 2.46. The molecule has 7 heteroatoms. The fraction of sp³-hybridized carbons (Fsp3) is 0.286.